The third kappa shape index (κ3) is 3.81. The molecule has 0 aromatic rings. The number of hydrogen-bond acceptors (Lipinski definition) is 1. The van der Waals surface area contributed by atoms with E-state index in [1.54, 1.807) is 0 Å². The van der Waals surface area contributed by atoms with Crippen molar-refractivity contribution < 1.29 is 0 Å². The summed E-state index contributed by atoms with van der Waals surface area (Å²) in [4.78, 5) is 0. The molecule has 1 nitrogen and oxygen atoms in total. The lowest BCUT2D eigenvalue weighted by atomic mass is 9.71. The predicted molar refractivity (Wildman–Crippen MR) is 69.1 cm³/mol. The molecule has 0 unspecified atom stereocenters. The van der Waals surface area contributed by atoms with Crippen LogP contribution >= 0.6 is 0 Å². The van der Waals surface area contributed by atoms with Gasteiger partial charge in [0, 0.05) is 0 Å². The van der Waals surface area contributed by atoms with E-state index in [4.69, 9.17) is 0 Å². The van der Waals surface area contributed by atoms with Crippen molar-refractivity contribution >= 4 is 0 Å². The molecule has 0 bridgehead atoms. The molecule has 0 spiro atoms. The summed E-state index contributed by atoms with van der Waals surface area (Å²) in [6, 6.07) is 2.68. The fourth-order valence-electron chi connectivity index (χ4n) is 3.07. The van der Waals surface area contributed by atoms with E-state index >= 15 is 0 Å². The van der Waals surface area contributed by atoms with Crippen LogP contribution in [0, 0.1) is 22.7 Å². The van der Waals surface area contributed by atoms with Gasteiger partial charge in [0.25, 0.3) is 0 Å². The van der Waals surface area contributed by atoms with E-state index in [1.807, 2.05) is 0 Å². The van der Waals surface area contributed by atoms with Crippen LogP contribution in [0.1, 0.15) is 78.1 Å². The molecule has 1 heteroatoms. The Balaban J connectivity index is 2.62. The molecule has 0 saturated heterocycles. The van der Waals surface area contributed by atoms with Crippen LogP contribution in [-0.2, 0) is 0 Å². The molecule has 0 radical (unpaired) electrons. The van der Waals surface area contributed by atoms with Gasteiger partial charge in [-0.3, -0.25) is 0 Å². The first-order valence-electron chi connectivity index (χ1n) is 7.17. The first kappa shape index (κ1) is 13.6. The number of hydrogen-bond donors (Lipinski definition) is 0. The van der Waals surface area contributed by atoms with Gasteiger partial charge in [-0.15, -0.1) is 0 Å². The smallest absolute Gasteiger partial charge is 0.0689 e. The summed E-state index contributed by atoms with van der Waals surface area (Å²) in [6.45, 7) is 4.53. The molecule has 16 heavy (non-hydrogen) atoms. The minimum atomic E-state index is 0.0249. The lowest BCUT2D eigenvalue weighted by Crippen LogP contribution is -2.23. The van der Waals surface area contributed by atoms with E-state index in [9.17, 15) is 5.26 Å². The summed E-state index contributed by atoms with van der Waals surface area (Å²) in [6.07, 6.45) is 12.5. The van der Waals surface area contributed by atoms with E-state index in [-0.39, 0.29) is 5.41 Å². The Morgan fingerprint density at radius 3 is 1.94 bits per heavy atom. The summed E-state index contributed by atoms with van der Waals surface area (Å²) in [5, 5.41) is 9.55. The molecular weight excluding hydrogens is 194 g/mol. The second-order valence-corrected chi connectivity index (χ2v) is 5.55. The van der Waals surface area contributed by atoms with Crippen molar-refractivity contribution in [3.05, 3.63) is 0 Å². The van der Waals surface area contributed by atoms with Crippen molar-refractivity contribution in [1.82, 2.24) is 0 Å². The van der Waals surface area contributed by atoms with Gasteiger partial charge >= 0.3 is 0 Å². The van der Waals surface area contributed by atoms with E-state index in [2.05, 4.69) is 19.9 Å². The van der Waals surface area contributed by atoms with Crippen LogP contribution in [0.25, 0.3) is 0 Å². The molecule has 1 rings (SSSR count). The van der Waals surface area contributed by atoms with Crippen LogP contribution in [0.3, 0.4) is 0 Å². The highest BCUT2D eigenvalue weighted by Gasteiger charge is 2.32. The fourth-order valence-corrected chi connectivity index (χ4v) is 3.07. The lowest BCUT2D eigenvalue weighted by Gasteiger charge is -2.31. The Morgan fingerprint density at radius 1 is 1.00 bits per heavy atom. The van der Waals surface area contributed by atoms with E-state index in [1.165, 1.54) is 44.9 Å². The third-order valence-electron chi connectivity index (χ3n) is 4.38. The zero-order chi connectivity index (χ0) is 11.9. The standard InChI is InChI=1S/C15H27N/c1-3-14(4-2)12-15(13-16)10-8-6-5-7-9-11-15/h14H,3-12H2,1-2H3. The molecule has 1 aliphatic rings. The van der Waals surface area contributed by atoms with E-state index in [0.29, 0.717) is 0 Å². The van der Waals surface area contributed by atoms with Gasteiger partial charge in [-0.1, -0.05) is 58.8 Å². The fraction of sp³-hybridized carbons (Fsp3) is 0.933. The molecule has 0 heterocycles. The van der Waals surface area contributed by atoms with Crippen molar-refractivity contribution in [3.63, 3.8) is 0 Å². The molecule has 1 saturated carbocycles. The second-order valence-electron chi connectivity index (χ2n) is 5.55. The summed E-state index contributed by atoms with van der Waals surface area (Å²) < 4.78 is 0. The van der Waals surface area contributed by atoms with Gasteiger partial charge in [-0.25, -0.2) is 0 Å². The highest BCUT2D eigenvalue weighted by atomic mass is 14.4. The molecule has 0 aromatic heterocycles. The van der Waals surface area contributed by atoms with Gasteiger partial charge in [0.15, 0.2) is 0 Å². The summed E-state index contributed by atoms with van der Waals surface area (Å²) in [7, 11) is 0. The molecular formula is C15H27N. The van der Waals surface area contributed by atoms with Crippen LogP contribution in [0.5, 0.6) is 0 Å². The monoisotopic (exact) mass is 221 g/mol. The van der Waals surface area contributed by atoms with Crippen molar-refractivity contribution in [3.8, 4) is 6.07 Å². The van der Waals surface area contributed by atoms with Gasteiger partial charge in [0.1, 0.15) is 0 Å². The maximum atomic E-state index is 9.55. The van der Waals surface area contributed by atoms with Crippen molar-refractivity contribution in [2.45, 2.75) is 78.1 Å². The van der Waals surface area contributed by atoms with Gasteiger partial charge in [-0.2, -0.15) is 5.26 Å². The van der Waals surface area contributed by atoms with Gasteiger partial charge in [0.05, 0.1) is 11.5 Å². The maximum Gasteiger partial charge on any atom is 0.0689 e. The van der Waals surface area contributed by atoms with Crippen molar-refractivity contribution in [1.29, 1.82) is 5.26 Å². The largest absolute Gasteiger partial charge is 0.198 e. The molecule has 0 atom stereocenters. The Kier molecular flexibility index (Phi) is 5.88. The third-order valence-corrected chi connectivity index (χ3v) is 4.38. The molecule has 0 N–H and O–H groups in total. The average Bonchev–Trinajstić information content (AvgIpc) is 2.29. The maximum absolute atomic E-state index is 9.55. The van der Waals surface area contributed by atoms with E-state index in [0.717, 1.165) is 25.2 Å². The Hall–Kier alpha value is -0.510. The normalized spacial score (nSPS) is 21.1. The summed E-state index contributed by atoms with van der Waals surface area (Å²) in [5.74, 6) is 0.763. The van der Waals surface area contributed by atoms with Crippen LogP contribution in [0.4, 0.5) is 0 Å². The molecule has 0 aliphatic heterocycles. The first-order chi connectivity index (χ1) is 7.76. The van der Waals surface area contributed by atoms with Gasteiger partial charge in [0.2, 0.25) is 0 Å². The van der Waals surface area contributed by atoms with Crippen LogP contribution in [0.15, 0.2) is 0 Å². The average molecular weight is 221 g/mol. The summed E-state index contributed by atoms with van der Waals surface area (Å²) >= 11 is 0. The SMILES string of the molecule is CCC(CC)CC1(C#N)CCCCCCC1. The van der Waals surface area contributed by atoms with Crippen LogP contribution in [-0.4, -0.2) is 0 Å². The van der Waals surface area contributed by atoms with E-state index < -0.39 is 0 Å². The molecule has 92 valence electrons. The number of rotatable bonds is 4. The highest BCUT2D eigenvalue weighted by Crippen LogP contribution is 2.40. The molecule has 0 aromatic carbocycles. The molecule has 1 fully saturated rings. The molecule has 1 aliphatic carbocycles. The quantitative estimate of drug-likeness (QED) is 0.650. The molecule has 0 amide bonds. The number of nitrogens with zero attached hydrogens (tertiary/aromatic N) is 1. The Bertz CT molecular complexity index is 214. The predicted octanol–water partition coefficient (Wildman–Crippen LogP) is 5.07. The highest BCUT2D eigenvalue weighted by molar-refractivity contribution is 5.00. The second kappa shape index (κ2) is 6.94. The van der Waals surface area contributed by atoms with Gasteiger partial charge < -0.3 is 0 Å². The first-order valence-corrected chi connectivity index (χ1v) is 7.17. The zero-order valence-electron chi connectivity index (χ0n) is 11.1. The Morgan fingerprint density at radius 2 is 1.50 bits per heavy atom. The summed E-state index contributed by atoms with van der Waals surface area (Å²) in [5.41, 5.74) is 0.0249. The van der Waals surface area contributed by atoms with Crippen LogP contribution < -0.4 is 0 Å². The lowest BCUT2D eigenvalue weighted by molar-refractivity contribution is 0.219. The minimum Gasteiger partial charge on any atom is -0.198 e. The topological polar surface area (TPSA) is 23.8 Å². The van der Waals surface area contributed by atoms with Gasteiger partial charge in [-0.05, 0) is 25.2 Å². The zero-order valence-corrected chi connectivity index (χ0v) is 11.1. The van der Waals surface area contributed by atoms with Crippen molar-refractivity contribution in [2.24, 2.45) is 11.3 Å². The number of nitriles is 1. The Labute approximate surface area is 101 Å². The van der Waals surface area contributed by atoms with Crippen LogP contribution in [0.2, 0.25) is 0 Å². The van der Waals surface area contributed by atoms with Crippen molar-refractivity contribution in [2.75, 3.05) is 0 Å². The minimum absolute atomic E-state index is 0.0249.